The van der Waals surface area contributed by atoms with Crippen LogP contribution in [-0.2, 0) is 22.4 Å². The molecule has 2 aliphatic carbocycles. The Morgan fingerprint density at radius 2 is 1.69 bits per heavy atom. The number of fused-ring (bicyclic) bond motifs is 1. The van der Waals surface area contributed by atoms with Gasteiger partial charge in [-0.05, 0) is 61.0 Å². The average molecular weight is 348 g/mol. The maximum absolute atomic E-state index is 11.2. The van der Waals surface area contributed by atoms with Crippen molar-refractivity contribution in [3.05, 3.63) is 71.8 Å². The summed E-state index contributed by atoms with van der Waals surface area (Å²) in [5.74, 6) is 1.00. The predicted octanol–water partition coefficient (Wildman–Crippen LogP) is 5.21. The van der Waals surface area contributed by atoms with Gasteiger partial charge < -0.3 is 4.74 Å². The van der Waals surface area contributed by atoms with Gasteiger partial charge in [-0.1, -0.05) is 67.1 Å². The lowest BCUT2D eigenvalue weighted by atomic mass is 9.74. The molecule has 2 saturated carbocycles. The van der Waals surface area contributed by atoms with Gasteiger partial charge in [0.1, 0.15) is 6.10 Å². The van der Waals surface area contributed by atoms with E-state index in [-0.39, 0.29) is 6.10 Å². The molecule has 0 unspecified atom stereocenters. The Bertz CT molecular complexity index is 712. The number of hydrogen-bond acceptors (Lipinski definition) is 2. The van der Waals surface area contributed by atoms with Gasteiger partial charge in [0, 0.05) is 5.92 Å². The van der Waals surface area contributed by atoms with Crippen LogP contribution in [0.4, 0.5) is 0 Å². The summed E-state index contributed by atoms with van der Waals surface area (Å²) in [6, 6.07) is 21.5. The van der Waals surface area contributed by atoms with Crippen LogP contribution in [0.25, 0.3) is 0 Å². The third-order valence-corrected chi connectivity index (χ3v) is 6.76. The van der Waals surface area contributed by atoms with Gasteiger partial charge in [0.25, 0.3) is 6.47 Å². The summed E-state index contributed by atoms with van der Waals surface area (Å²) in [6.07, 6.45) is 8.33. The molecule has 0 aliphatic heterocycles. The summed E-state index contributed by atoms with van der Waals surface area (Å²) in [5, 5.41) is 0. The molecule has 0 aromatic heterocycles. The number of carbonyl (C=O) groups is 1. The Kier molecular flexibility index (Phi) is 5.10. The molecule has 0 bridgehead atoms. The largest absolute Gasteiger partial charge is 0.464 e. The highest BCUT2D eigenvalue weighted by atomic mass is 16.5. The second-order valence-electron chi connectivity index (χ2n) is 8.21. The molecule has 2 aromatic rings. The highest BCUT2D eigenvalue weighted by molar-refractivity contribution is 5.38. The molecule has 0 radical (unpaired) electrons. The van der Waals surface area contributed by atoms with Gasteiger partial charge in [-0.15, -0.1) is 0 Å². The van der Waals surface area contributed by atoms with E-state index in [9.17, 15) is 4.79 Å². The Morgan fingerprint density at radius 3 is 2.38 bits per heavy atom. The van der Waals surface area contributed by atoms with Crippen LogP contribution in [0.2, 0.25) is 0 Å². The number of ether oxygens (including phenoxy) is 1. The van der Waals surface area contributed by atoms with Crippen molar-refractivity contribution in [1.82, 2.24) is 0 Å². The smallest absolute Gasteiger partial charge is 0.293 e. The molecule has 0 N–H and O–H groups in total. The molecule has 136 valence electrons. The van der Waals surface area contributed by atoms with Crippen molar-refractivity contribution in [2.75, 3.05) is 0 Å². The van der Waals surface area contributed by atoms with Crippen LogP contribution in [0.5, 0.6) is 0 Å². The van der Waals surface area contributed by atoms with Gasteiger partial charge in [-0.25, -0.2) is 0 Å². The van der Waals surface area contributed by atoms with Crippen LogP contribution >= 0.6 is 0 Å². The first-order valence-corrected chi connectivity index (χ1v) is 9.98. The van der Waals surface area contributed by atoms with Crippen molar-refractivity contribution in [2.24, 2.45) is 17.3 Å². The third kappa shape index (κ3) is 3.42. The fraction of sp³-hybridized carbons (Fsp3) is 0.458. The van der Waals surface area contributed by atoms with E-state index in [2.05, 4.69) is 60.7 Å². The molecule has 26 heavy (non-hydrogen) atoms. The lowest BCUT2D eigenvalue weighted by Gasteiger charge is -2.30. The first-order chi connectivity index (χ1) is 12.8. The van der Waals surface area contributed by atoms with Crippen LogP contribution in [-0.4, -0.2) is 12.6 Å². The van der Waals surface area contributed by atoms with E-state index in [1.54, 1.807) is 0 Å². The van der Waals surface area contributed by atoms with E-state index in [4.69, 9.17) is 4.74 Å². The molecule has 2 heteroatoms. The number of aryl methyl sites for hydroxylation is 1. The Balaban J connectivity index is 1.52. The lowest BCUT2D eigenvalue weighted by Crippen LogP contribution is -2.30. The van der Waals surface area contributed by atoms with Crippen LogP contribution in [0.1, 0.15) is 43.2 Å². The Labute approximate surface area is 156 Å². The molecule has 2 nitrogen and oxygen atoms in total. The monoisotopic (exact) mass is 348 g/mol. The van der Waals surface area contributed by atoms with Crippen molar-refractivity contribution in [3.63, 3.8) is 0 Å². The van der Waals surface area contributed by atoms with Crippen molar-refractivity contribution < 1.29 is 9.53 Å². The molecule has 4 atom stereocenters. The second kappa shape index (κ2) is 7.65. The lowest BCUT2D eigenvalue weighted by molar-refractivity contribution is -0.138. The molecule has 4 rings (SSSR count). The third-order valence-electron chi connectivity index (χ3n) is 6.76. The highest BCUT2D eigenvalue weighted by Crippen LogP contribution is 2.59. The summed E-state index contributed by atoms with van der Waals surface area (Å²) >= 11 is 0. The molecule has 0 amide bonds. The molecular weight excluding hydrogens is 320 g/mol. The molecule has 0 spiro atoms. The summed E-state index contributed by atoms with van der Waals surface area (Å²) < 4.78 is 5.70. The van der Waals surface area contributed by atoms with E-state index in [1.807, 2.05) is 0 Å². The normalized spacial score (nSPS) is 30.1. The summed E-state index contributed by atoms with van der Waals surface area (Å²) in [5.41, 5.74) is 3.12. The topological polar surface area (TPSA) is 26.3 Å². The molecular formula is C24H28O2. The van der Waals surface area contributed by atoms with Crippen LogP contribution in [0.3, 0.4) is 0 Å². The van der Waals surface area contributed by atoms with E-state index < -0.39 is 0 Å². The second-order valence-corrected chi connectivity index (χ2v) is 8.21. The quantitative estimate of drug-likeness (QED) is 0.642. The van der Waals surface area contributed by atoms with Gasteiger partial charge in [0.15, 0.2) is 0 Å². The van der Waals surface area contributed by atoms with Crippen LogP contribution < -0.4 is 0 Å². The summed E-state index contributed by atoms with van der Waals surface area (Å²) in [6.45, 7) is 0.692. The molecule has 2 aliphatic rings. The maximum atomic E-state index is 11.2. The van der Waals surface area contributed by atoms with Crippen molar-refractivity contribution in [1.29, 1.82) is 0 Å². The predicted molar refractivity (Wildman–Crippen MR) is 104 cm³/mol. The fourth-order valence-electron chi connectivity index (χ4n) is 5.73. The van der Waals surface area contributed by atoms with E-state index in [0.717, 1.165) is 19.3 Å². The van der Waals surface area contributed by atoms with Gasteiger partial charge in [0.2, 0.25) is 0 Å². The molecule has 2 fully saturated rings. The van der Waals surface area contributed by atoms with Crippen molar-refractivity contribution >= 4 is 6.47 Å². The highest BCUT2D eigenvalue weighted by Gasteiger charge is 2.56. The van der Waals surface area contributed by atoms with Gasteiger partial charge in [-0.2, -0.15) is 0 Å². The standard InChI is InChI=1S/C24H28O2/c25-18-26-23-21(14-13-19-8-3-1-4-9-19)17-24(15-7-12-22(23)24)16-20-10-5-2-6-11-20/h1-6,8-11,18,21-23H,7,12-17H2/t21-,22+,23+,24+/m1/s1. The minimum atomic E-state index is 0.0995. The maximum Gasteiger partial charge on any atom is 0.293 e. The number of carbonyl (C=O) groups excluding carboxylic acids is 1. The van der Waals surface area contributed by atoms with Crippen LogP contribution in [0.15, 0.2) is 60.7 Å². The zero-order valence-corrected chi connectivity index (χ0v) is 15.3. The Hall–Kier alpha value is -2.09. The van der Waals surface area contributed by atoms with Gasteiger partial charge >= 0.3 is 0 Å². The van der Waals surface area contributed by atoms with Crippen molar-refractivity contribution in [2.45, 2.75) is 51.0 Å². The van der Waals surface area contributed by atoms with E-state index in [1.165, 1.54) is 36.8 Å². The van der Waals surface area contributed by atoms with Gasteiger partial charge in [-0.3, -0.25) is 4.79 Å². The van der Waals surface area contributed by atoms with E-state index in [0.29, 0.717) is 23.7 Å². The summed E-state index contributed by atoms with van der Waals surface area (Å²) in [4.78, 5) is 11.2. The van der Waals surface area contributed by atoms with E-state index >= 15 is 0 Å². The van der Waals surface area contributed by atoms with Gasteiger partial charge in [0.05, 0.1) is 0 Å². The van der Waals surface area contributed by atoms with Crippen LogP contribution in [0, 0.1) is 17.3 Å². The average Bonchev–Trinajstić information content (AvgIpc) is 3.19. The SMILES string of the molecule is O=CO[C@H]1[C@H](CCc2ccccc2)C[C@@]2(Cc3ccccc3)CCC[C@@H]12. The number of hydrogen-bond donors (Lipinski definition) is 0. The van der Waals surface area contributed by atoms with Crippen molar-refractivity contribution in [3.8, 4) is 0 Å². The molecule has 0 heterocycles. The number of benzene rings is 2. The fourth-order valence-corrected chi connectivity index (χ4v) is 5.73. The minimum absolute atomic E-state index is 0.0995. The zero-order chi connectivity index (χ0) is 17.8. The zero-order valence-electron chi connectivity index (χ0n) is 15.3. The number of rotatable bonds is 7. The summed E-state index contributed by atoms with van der Waals surface area (Å²) in [7, 11) is 0. The molecule has 2 aromatic carbocycles. The molecule has 0 saturated heterocycles. The first-order valence-electron chi connectivity index (χ1n) is 9.98. The Morgan fingerprint density at radius 1 is 1.00 bits per heavy atom. The first kappa shape index (κ1) is 17.3. The minimum Gasteiger partial charge on any atom is -0.464 e.